The van der Waals surface area contributed by atoms with Gasteiger partial charge in [-0.25, -0.2) is 0 Å². The number of piperazine rings is 1. The zero-order valence-electron chi connectivity index (χ0n) is 18.4. The van der Waals surface area contributed by atoms with Crippen LogP contribution < -0.4 is 5.32 Å². The Balaban J connectivity index is 1.74. The maximum atomic E-state index is 13.4. The van der Waals surface area contributed by atoms with Gasteiger partial charge in [-0.3, -0.25) is 9.59 Å². The van der Waals surface area contributed by atoms with Crippen LogP contribution in [0.1, 0.15) is 46.3 Å². The van der Waals surface area contributed by atoms with Gasteiger partial charge >= 0.3 is 0 Å². The molecule has 1 N–H and O–H groups in total. The summed E-state index contributed by atoms with van der Waals surface area (Å²) in [6.45, 7) is 10.3. The molecule has 2 aromatic carbocycles. The lowest BCUT2D eigenvalue weighted by molar-refractivity contribution is -0.131. The Morgan fingerprint density at radius 1 is 1.03 bits per heavy atom. The van der Waals surface area contributed by atoms with Crippen LogP contribution in [0.15, 0.2) is 48.5 Å². The van der Waals surface area contributed by atoms with E-state index in [0.29, 0.717) is 25.1 Å². The summed E-state index contributed by atoms with van der Waals surface area (Å²) in [6.07, 6.45) is 0.359. The number of aryl methyl sites for hydroxylation is 2. The third-order valence-corrected chi connectivity index (χ3v) is 5.68. The molecule has 0 spiro atoms. The third kappa shape index (κ3) is 5.92. The molecule has 1 aliphatic rings. The molecule has 5 heteroatoms. The van der Waals surface area contributed by atoms with E-state index in [-0.39, 0.29) is 17.7 Å². The number of amides is 2. The monoisotopic (exact) mass is 407 g/mol. The molecule has 0 radical (unpaired) electrons. The van der Waals surface area contributed by atoms with Crippen molar-refractivity contribution in [3.05, 3.63) is 70.8 Å². The van der Waals surface area contributed by atoms with Gasteiger partial charge < -0.3 is 15.1 Å². The van der Waals surface area contributed by atoms with Crippen LogP contribution in [-0.2, 0) is 4.79 Å². The van der Waals surface area contributed by atoms with E-state index in [1.807, 2.05) is 54.0 Å². The summed E-state index contributed by atoms with van der Waals surface area (Å²) in [4.78, 5) is 29.8. The minimum atomic E-state index is -0.00214. The predicted molar refractivity (Wildman–Crippen MR) is 121 cm³/mol. The second-order valence-electron chi connectivity index (χ2n) is 8.32. The lowest BCUT2D eigenvalue weighted by atomic mass is 9.99. The van der Waals surface area contributed by atoms with E-state index in [2.05, 4.69) is 30.4 Å². The molecule has 0 bridgehead atoms. The molecular formula is C25H33N3O2. The number of nitrogens with zero attached hydrogens (tertiary/aromatic N) is 2. The van der Waals surface area contributed by atoms with E-state index in [1.54, 1.807) is 0 Å². The number of benzene rings is 2. The predicted octanol–water partition coefficient (Wildman–Crippen LogP) is 3.37. The van der Waals surface area contributed by atoms with Crippen molar-refractivity contribution in [3.8, 4) is 0 Å². The molecule has 160 valence electrons. The zero-order chi connectivity index (χ0) is 21.5. The molecule has 0 saturated carbocycles. The van der Waals surface area contributed by atoms with Crippen molar-refractivity contribution in [2.75, 3.05) is 39.3 Å². The highest BCUT2D eigenvalue weighted by Crippen LogP contribution is 2.19. The van der Waals surface area contributed by atoms with Crippen LogP contribution >= 0.6 is 0 Å². The van der Waals surface area contributed by atoms with Crippen molar-refractivity contribution in [3.63, 3.8) is 0 Å². The first-order valence-corrected chi connectivity index (χ1v) is 10.8. The van der Waals surface area contributed by atoms with Gasteiger partial charge in [0.15, 0.2) is 0 Å². The van der Waals surface area contributed by atoms with Gasteiger partial charge in [-0.2, -0.15) is 0 Å². The molecular weight excluding hydrogens is 374 g/mol. The molecule has 2 amide bonds. The average molecular weight is 408 g/mol. The van der Waals surface area contributed by atoms with Crippen LogP contribution in [0.2, 0.25) is 0 Å². The number of carbonyl (C=O) groups is 2. The molecule has 1 saturated heterocycles. The van der Waals surface area contributed by atoms with E-state index in [0.717, 1.165) is 37.3 Å². The van der Waals surface area contributed by atoms with Gasteiger partial charge in [0.05, 0.1) is 0 Å². The summed E-state index contributed by atoms with van der Waals surface area (Å²) in [7, 11) is 0. The summed E-state index contributed by atoms with van der Waals surface area (Å²) in [5.41, 5.74) is 4.05. The number of hydrogen-bond donors (Lipinski definition) is 1. The van der Waals surface area contributed by atoms with Crippen molar-refractivity contribution in [1.82, 2.24) is 15.1 Å². The first kappa shape index (κ1) is 22.0. The molecule has 3 rings (SSSR count). The maximum Gasteiger partial charge on any atom is 0.253 e. The maximum absolute atomic E-state index is 13.4. The first-order valence-electron chi connectivity index (χ1n) is 10.8. The van der Waals surface area contributed by atoms with Crippen LogP contribution in [0.3, 0.4) is 0 Å². The van der Waals surface area contributed by atoms with E-state index in [9.17, 15) is 9.59 Å². The fraction of sp³-hybridized carbons (Fsp3) is 0.440. The SMILES string of the molecule is Cc1cc(C)cc(C(=O)N(CCC(=O)N2CCNCC2)C[C@H](C)c2ccccc2)c1. The minimum absolute atomic E-state index is 0.00214. The van der Waals surface area contributed by atoms with Crippen LogP contribution in [0.4, 0.5) is 0 Å². The fourth-order valence-corrected chi connectivity index (χ4v) is 4.08. The highest BCUT2D eigenvalue weighted by atomic mass is 16.2. The summed E-state index contributed by atoms with van der Waals surface area (Å²) < 4.78 is 0. The molecule has 1 heterocycles. The van der Waals surface area contributed by atoms with E-state index in [1.165, 1.54) is 5.56 Å². The van der Waals surface area contributed by atoms with Gasteiger partial charge in [0.1, 0.15) is 0 Å². The van der Waals surface area contributed by atoms with Crippen molar-refractivity contribution in [2.45, 2.75) is 33.1 Å². The normalized spacial score (nSPS) is 15.0. The van der Waals surface area contributed by atoms with Gasteiger partial charge in [0.25, 0.3) is 5.91 Å². The van der Waals surface area contributed by atoms with E-state index < -0.39 is 0 Å². The first-order chi connectivity index (χ1) is 14.4. The minimum Gasteiger partial charge on any atom is -0.340 e. The van der Waals surface area contributed by atoms with Crippen LogP contribution in [0.25, 0.3) is 0 Å². The highest BCUT2D eigenvalue weighted by Gasteiger charge is 2.22. The molecule has 2 aromatic rings. The Morgan fingerprint density at radius 2 is 1.67 bits per heavy atom. The molecule has 1 fully saturated rings. The molecule has 0 aliphatic carbocycles. The van der Waals surface area contributed by atoms with Crippen molar-refractivity contribution in [1.29, 1.82) is 0 Å². The Bertz CT molecular complexity index is 840. The smallest absolute Gasteiger partial charge is 0.253 e. The molecule has 5 nitrogen and oxygen atoms in total. The van der Waals surface area contributed by atoms with Gasteiger partial charge in [0.2, 0.25) is 5.91 Å². The molecule has 1 aliphatic heterocycles. The lowest BCUT2D eigenvalue weighted by Gasteiger charge is -2.30. The Labute approximate surface area is 180 Å². The van der Waals surface area contributed by atoms with Gasteiger partial charge in [-0.05, 0) is 37.5 Å². The second kappa shape index (κ2) is 10.4. The molecule has 0 aromatic heterocycles. The van der Waals surface area contributed by atoms with Gasteiger partial charge in [0, 0.05) is 51.3 Å². The van der Waals surface area contributed by atoms with E-state index in [4.69, 9.17) is 0 Å². The second-order valence-corrected chi connectivity index (χ2v) is 8.32. The Morgan fingerprint density at radius 3 is 2.30 bits per heavy atom. The largest absolute Gasteiger partial charge is 0.340 e. The third-order valence-electron chi connectivity index (χ3n) is 5.68. The summed E-state index contributed by atoms with van der Waals surface area (Å²) >= 11 is 0. The van der Waals surface area contributed by atoms with E-state index >= 15 is 0 Å². The fourth-order valence-electron chi connectivity index (χ4n) is 4.08. The Kier molecular flexibility index (Phi) is 7.63. The lowest BCUT2D eigenvalue weighted by Crippen LogP contribution is -2.47. The zero-order valence-corrected chi connectivity index (χ0v) is 18.4. The number of rotatable bonds is 7. The van der Waals surface area contributed by atoms with Crippen molar-refractivity contribution < 1.29 is 9.59 Å². The van der Waals surface area contributed by atoms with Gasteiger partial charge in [-0.1, -0.05) is 54.4 Å². The van der Waals surface area contributed by atoms with Gasteiger partial charge in [-0.15, -0.1) is 0 Å². The summed E-state index contributed by atoms with van der Waals surface area (Å²) in [5, 5.41) is 3.27. The van der Waals surface area contributed by atoms with Crippen LogP contribution in [0, 0.1) is 13.8 Å². The van der Waals surface area contributed by atoms with Crippen LogP contribution in [-0.4, -0.2) is 60.9 Å². The van der Waals surface area contributed by atoms with Crippen LogP contribution in [0.5, 0.6) is 0 Å². The number of carbonyl (C=O) groups excluding carboxylic acids is 2. The quantitative estimate of drug-likeness (QED) is 0.766. The van der Waals surface area contributed by atoms with Crippen molar-refractivity contribution >= 4 is 11.8 Å². The standard InChI is InChI=1S/C25H33N3O2/c1-19-15-20(2)17-23(16-19)25(30)28(18-21(3)22-7-5-4-6-8-22)12-9-24(29)27-13-10-26-11-14-27/h4-8,15-17,21,26H,9-14,18H2,1-3H3/t21-/m0/s1. The van der Waals surface area contributed by atoms with Crippen molar-refractivity contribution in [2.24, 2.45) is 0 Å². The molecule has 1 atom stereocenters. The topological polar surface area (TPSA) is 52.7 Å². The highest BCUT2D eigenvalue weighted by molar-refractivity contribution is 5.95. The Hall–Kier alpha value is -2.66. The summed E-state index contributed by atoms with van der Waals surface area (Å²) in [6, 6.07) is 16.2. The molecule has 30 heavy (non-hydrogen) atoms. The molecule has 0 unspecified atom stereocenters. The summed E-state index contributed by atoms with van der Waals surface area (Å²) in [5.74, 6) is 0.315. The number of hydrogen-bond acceptors (Lipinski definition) is 3. The number of nitrogens with one attached hydrogen (secondary N) is 1. The average Bonchev–Trinajstić information content (AvgIpc) is 2.76.